The SMILES string of the molecule is CCCCCCCCOOCc1c(C(=O)OCCCCCCCC)c2[nH]oc(=O)n2c1C. The highest BCUT2D eigenvalue weighted by molar-refractivity contribution is 5.98. The van der Waals surface area contributed by atoms with Gasteiger partial charge in [-0.25, -0.2) is 23.8 Å². The number of hydrogen-bond acceptors (Lipinski definition) is 6. The lowest BCUT2D eigenvalue weighted by Gasteiger charge is -2.08. The molecule has 0 unspecified atom stereocenters. The van der Waals surface area contributed by atoms with Crippen LogP contribution in [-0.2, 0) is 21.1 Å². The van der Waals surface area contributed by atoms with Gasteiger partial charge >= 0.3 is 11.7 Å². The van der Waals surface area contributed by atoms with Crippen molar-refractivity contribution < 1.29 is 23.8 Å². The average Bonchev–Trinajstić information content (AvgIpc) is 3.29. The van der Waals surface area contributed by atoms with Gasteiger partial charge in [0.05, 0.1) is 13.2 Å². The van der Waals surface area contributed by atoms with E-state index < -0.39 is 11.7 Å². The van der Waals surface area contributed by atoms with Crippen LogP contribution in [0.1, 0.15) is 113 Å². The number of carbonyl (C=O) groups excluding carboxylic acids is 1. The zero-order valence-corrected chi connectivity index (χ0v) is 20.0. The molecule has 0 atom stereocenters. The number of H-pyrrole nitrogens is 1. The van der Waals surface area contributed by atoms with E-state index in [1.807, 2.05) is 0 Å². The molecule has 182 valence electrons. The molecule has 0 saturated heterocycles. The van der Waals surface area contributed by atoms with E-state index in [0.29, 0.717) is 24.5 Å². The summed E-state index contributed by atoms with van der Waals surface area (Å²) in [6.45, 7) is 7.02. The number of aromatic amines is 1. The van der Waals surface area contributed by atoms with Gasteiger partial charge in [-0.15, -0.1) is 0 Å². The maximum Gasteiger partial charge on any atom is 0.444 e. The van der Waals surface area contributed by atoms with Gasteiger partial charge in [-0.3, -0.25) is 0 Å². The fourth-order valence-electron chi connectivity index (χ4n) is 3.82. The summed E-state index contributed by atoms with van der Waals surface area (Å²) in [4.78, 5) is 35.5. The van der Waals surface area contributed by atoms with E-state index in [1.165, 1.54) is 49.3 Å². The predicted octanol–water partition coefficient (Wildman–Crippen LogP) is 5.86. The Labute approximate surface area is 190 Å². The van der Waals surface area contributed by atoms with Crippen molar-refractivity contribution in [3.63, 3.8) is 0 Å². The lowest BCUT2D eigenvalue weighted by Crippen LogP contribution is -2.10. The van der Waals surface area contributed by atoms with Gasteiger partial charge in [0.25, 0.3) is 0 Å². The third-order valence-corrected chi connectivity index (χ3v) is 5.75. The number of aromatic nitrogens is 2. The van der Waals surface area contributed by atoms with Gasteiger partial charge in [-0.2, -0.15) is 5.16 Å². The van der Waals surface area contributed by atoms with E-state index in [9.17, 15) is 9.59 Å². The monoisotopic (exact) mass is 452 g/mol. The lowest BCUT2D eigenvalue weighted by atomic mass is 10.1. The number of nitrogens with one attached hydrogen (secondary N) is 1. The number of ether oxygens (including phenoxy) is 1. The topological polar surface area (TPSA) is 95.2 Å². The fraction of sp³-hybridized carbons (Fsp3) is 0.750. The highest BCUT2D eigenvalue weighted by Crippen LogP contribution is 2.23. The van der Waals surface area contributed by atoms with Crippen LogP contribution in [0, 0.1) is 6.92 Å². The Morgan fingerprint density at radius 2 is 1.47 bits per heavy atom. The van der Waals surface area contributed by atoms with Crippen LogP contribution in [0.3, 0.4) is 0 Å². The molecule has 0 radical (unpaired) electrons. The number of rotatable bonds is 18. The second-order valence-electron chi connectivity index (χ2n) is 8.35. The van der Waals surface area contributed by atoms with E-state index in [2.05, 4.69) is 19.0 Å². The maximum atomic E-state index is 12.8. The first-order chi connectivity index (χ1) is 15.6. The molecule has 2 heterocycles. The first-order valence-corrected chi connectivity index (χ1v) is 12.2. The number of esters is 1. The van der Waals surface area contributed by atoms with E-state index >= 15 is 0 Å². The van der Waals surface area contributed by atoms with E-state index in [-0.39, 0.29) is 17.8 Å². The van der Waals surface area contributed by atoms with Gasteiger partial charge in [0.15, 0.2) is 5.65 Å². The average molecular weight is 453 g/mol. The van der Waals surface area contributed by atoms with E-state index in [1.54, 1.807) is 6.92 Å². The minimum absolute atomic E-state index is 0.0536. The van der Waals surface area contributed by atoms with E-state index in [4.69, 9.17) is 19.0 Å². The maximum absolute atomic E-state index is 12.8. The Morgan fingerprint density at radius 3 is 2.12 bits per heavy atom. The molecule has 0 fully saturated rings. The van der Waals surface area contributed by atoms with Gasteiger partial charge in [0.1, 0.15) is 12.2 Å². The largest absolute Gasteiger partial charge is 0.462 e. The van der Waals surface area contributed by atoms with Crippen LogP contribution in [0.15, 0.2) is 9.32 Å². The molecule has 2 aromatic heterocycles. The summed E-state index contributed by atoms with van der Waals surface area (Å²) in [5.74, 6) is -1.07. The Hall–Kier alpha value is -2.06. The Bertz CT molecular complexity index is 851. The molecule has 0 saturated carbocycles. The van der Waals surface area contributed by atoms with Crippen molar-refractivity contribution in [3.8, 4) is 0 Å². The van der Waals surface area contributed by atoms with Crippen molar-refractivity contribution in [1.82, 2.24) is 9.56 Å². The first kappa shape index (κ1) is 26.2. The zero-order valence-electron chi connectivity index (χ0n) is 20.0. The van der Waals surface area contributed by atoms with Crippen molar-refractivity contribution in [2.45, 2.75) is 104 Å². The molecule has 1 N–H and O–H groups in total. The minimum atomic E-state index is -0.582. The second-order valence-corrected chi connectivity index (χ2v) is 8.35. The summed E-state index contributed by atoms with van der Waals surface area (Å²) in [7, 11) is 0. The summed E-state index contributed by atoms with van der Waals surface area (Å²) >= 11 is 0. The van der Waals surface area contributed by atoms with Crippen molar-refractivity contribution in [1.29, 1.82) is 0 Å². The van der Waals surface area contributed by atoms with Gasteiger partial charge in [0, 0.05) is 11.3 Å². The number of fused-ring (bicyclic) bond motifs is 1. The summed E-state index contributed by atoms with van der Waals surface area (Å²) in [6, 6.07) is 0. The van der Waals surface area contributed by atoms with Gasteiger partial charge in [-0.1, -0.05) is 78.1 Å². The van der Waals surface area contributed by atoms with Crippen LogP contribution in [0.2, 0.25) is 0 Å². The third kappa shape index (κ3) is 7.81. The molecule has 2 aromatic rings. The van der Waals surface area contributed by atoms with Crippen molar-refractivity contribution in [2.75, 3.05) is 13.2 Å². The molecule has 0 aromatic carbocycles. The van der Waals surface area contributed by atoms with Crippen LogP contribution in [-0.4, -0.2) is 28.7 Å². The molecule has 0 aliphatic rings. The molecule has 32 heavy (non-hydrogen) atoms. The van der Waals surface area contributed by atoms with E-state index in [0.717, 1.165) is 32.1 Å². The molecule has 0 aliphatic carbocycles. The third-order valence-electron chi connectivity index (χ3n) is 5.75. The lowest BCUT2D eigenvalue weighted by molar-refractivity contribution is -0.304. The summed E-state index contributed by atoms with van der Waals surface area (Å²) < 4.78 is 11.7. The standard InChI is InChI=1S/C24H40N2O6/c1-4-6-8-10-12-14-16-29-23(27)21-20(19(3)26-22(21)25-32-24(26)28)18-31-30-17-15-13-11-9-7-5-2/h25H,4-18H2,1-3H3. The van der Waals surface area contributed by atoms with Crippen LogP contribution >= 0.6 is 0 Å². The molecule has 0 amide bonds. The molecule has 0 spiro atoms. The molecular formula is C24H40N2O6. The fourth-order valence-corrected chi connectivity index (χ4v) is 3.82. The highest BCUT2D eigenvalue weighted by atomic mass is 17.2. The number of aryl methyl sites for hydroxylation is 1. The molecule has 8 heteroatoms. The predicted molar refractivity (Wildman–Crippen MR) is 123 cm³/mol. The Morgan fingerprint density at radius 1 is 0.875 bits per heavy atom. The minimum Gasteiger partial charge on any atom is -0.462 e. The summed E-state index contributed by atoms with van der Waals surface area (Å²) in [5, 5.41) is 2.54. The molecule has 0 bridgehead atoms. The van der Waals surface area contributed by atoms with Crippen molar-refractivity contribution >= 4 is 11.6 Å². The summed E-state index contributed by atoms with van der Waals surface area (Å²) in [5.41, 5.74) is 1.70. The smallest absolute Gasteiger partial charge is 0.444 e. The number of carbonyl (C=O) groups is 1. The van der Waals surface area contributed by atoms with Crippen LogP contribution in [0.25, 0.3) is 5.65 Å². The van der Waals surface area contributed by atoms with Crippen molar-refractivity contribution in [2.24, 2.45) is 0 Å². The normalized spacial score (nSPS) is 11.5. The number of hydrogen-bond donors (Lipinski definition) is 1. The number of unbranched alkanes of at least 4 members (excludes halogenated alkanes) is 10. The van der Waals surface area contributed by atoms with Gasteiger partial charge < -0.3 is 9.26 Å². The molecule has 2 rings (SSSR count). The second kappa shape index (κ2) is 14.9. The van der Waals surface area contributed by atoms with Gasteiger partial charge in [0.2, 0.25) is 0 Å². The van der Waals surface area contributed by atoms with Crippen molar-refractivity contribution in [3.05, 3.63) is 27.4 Å². The Balaban J connectivity index is 1.87. The number of nitrogens with zero attached hydrogens (tertiary/aromatic N) is 1. The molecular weight excluding hydrogens is 412 g/mol. The summed E-state index contributed by atoms with van der Waals surface area (Å²) in [6.07, 6.45) is 13.6. The quantitative estimate of drug-likeness (QED) is 0.132. The van der Waals surface area contributed by atoms with Gasteiger partial charge in [-0.05, 0) is 19.8 Å². The molecule has 0 aliphatic heterocycles. The zero-order chi connectivity index (χ0) is 23.2. The van der Waals surface area contributed by atoms with Crippen LogP contribution in [0.5, 0.6) is 0 Å². The first-order valence-electron chi connectivity index (χ1n) is 12.2. The highest BCUT2D eigenvalue weighted by Gasteiger charge is 2.26. The van der Waals surface area contributed by atoms with Crippen LogP contribution < -0.4 is 5.76 Å². The Kier molecular flexibility index (Phi) is 12.2. The molecule has 8 nitrogen and oxygen atoms in total. The van der Waals surface area contributed by atoms with Crippen LogP contribution in [0.4, 0.5) is 0 Å².